The second-order valence-corrected chi connectivity index (χ2v) is 6.73. The van der Waals surface area contributed by atoms with Crippen molar-refractivity contribution in [3.8, 4) is 0 Å². The molecule has 0 radical (unpaired) electrons. The average molecular weight is 268 g/mol. The predicted molar refractivity (Wildman–Crippen MR) is 72.0 cm³/mol. The fourth-order valence-corrected chi connectivity index (χ4v) is 3.61. The van der Waals surface area contributed by atoms with Crippen LogP contribution in [0.2, 0.25) is 0 Å². The van der Waals surface area contributed by atoms with E-state index in [0.29, 0.717) is 4.90 Å². The van der Waals surface area contributed by atoms with Gasteiger partial charge in [-0.05, 0) is 57.6 Å². The highest BCUT2D eigenvalue weighted by atomic mass is 32.2. The Bertz CT molecular complexity index is 505. The fraction of sp³-hybridized carbons (Fsp3) is 0.538. The van der Waals surface area contributed by atoms with E-state index < -0.39 is 10.0 Å². The van der Waals surface area contributed by atoms with Crippen molar-refractivity contribution in [2.24, 2.45) is 0 Å². The Hall–Kier alpha value is -0.910. The zero-order chi connectivity index (χ0) is 13.2. The highest BCUT2D eigenvalue weighted by molar-refractivity contribution is 7.89. The summed E-state index contributed by atoms with van der Waals surface area (Å²) < 4.78 is 27.2. The third-order valence-electron chi connectivity index (χ3n) is 3.34. The van der Waals surface area contributed by atoms with Crippen molar-refractivity contribution >= 4 is 10.0 Å². The Kier molecular flexibility index (Phi) is 4.04. The molecule has 5 heteroatoms. The molecule has 4 nitrogen and oxygen atoms in total. The molecule has 1 saturated heterocycles. The van der Waals surface area contributed by atoms with Gasteiger partial charge in [-0.15, -0.1) is 0 Å². The molecule has 0 unspecified atom stereocenters. The number of hydrogen-bond donors (Lipinski definition) is 1. The van der Waals surface area contributed by atoms with E-state index in [2.05, 4.69) is 16.7 Å². The molecule has 1 aliphatic rings. The Labute approximate surface area is 109 Å². The number of piperidine rings is 1. The van der Waals surface area contributed by atoms with E-state index >= 15 is 0 Å². The molecule has 1 aromatic carbocycles. The molecule has 1 N–H and O–H groups in total. The third-order valence-corrected chi connectivity index (χ3v) is 4.86. The van der Waals surface area contributed by atoms with Crippen LogP contribution in [0.4, 0.5) is 0 Å². The minimum Gasteiger partial charge on any atom is -0.306 e. The quantitative estimate of drug-likeness (QED) is 0.900. The lowest BCUT2D eigenvalue weighted by molar-refractivity contribution is 0.248. The highest BCUT2D eigenvalue weighted by Crippen LogP contribution is 2.15. The van der Waals surface area contributed by atoms with E-state index in [4.69, 9.17) is 0 Å². The zero-order valence-electron chi connectivity index (χ0n) is 10.9. The molecule has 0 aliphatic carbocycles. The lowest BCUT2D eigenvalue weighted by Gasteiger charge is -2.29. The normalized spacial score (nSPS) is 19.0. The summed E-state index contributed by atoms with van der Waals surface area (Å²) in [6.45, 7) is 3.79. The molecular formula is C13H20N2O2S. The topological polar surface area (TPSA) is 49.4 Å². The average Bonchev–Trinajstić information content (AvgIpc) is 2.32. The summed E-state index contributed by atoms with van der Waals surface area (Å²) in [5, 5.41) is 0. The van der Waals surface area contributed by atoms with Gasteiger partial charge in [0.2, 0.25) is 10.0 Å². The predicted octanol–water partition coefficient (Wildman–Crippen LogP) is 1.37. The van der Waals surface area contributed by atoms with Gasteiger partial charge in [-0.2, -0.15) is 0 Å². The molecule has 0 aromatic heterocycles. The van der Waals surface area contributed by atoms with Crippen LogP contribution >= 0.6 is 0 Å². The van der Waals surface area contributed by atoms with Crippen LogP contribution in [-0.2, 0) is 10.0 Å². The van der Waals surface area contributed by atoms with Gasteiger partial charge in [0.25, 0.3) is 0 Å². The fourth-order valence-electron chi connectivity index (χ4n) is 2.20. The van der Waals surface area contributed by atoms with E-state index in [9.17, 15) is 8.42 Å². The first-order chi connectivity index (χ1) is 8.47. The first-order valence-electron chi connectivity index (χ1n) is 6.25. The summed E-state index contributed by atoms with van der Waals surface area (Å²) >= 11 is 0. The number of benzene rings is 1. The highest BCUT2D eigenvalue weighted by Gasteiger charge is 2.23. The van der Waals surface area contributed by atoms with Crippen molar-refractivity contribution in [1.29, 1.82) is 0 Å². The molecule has 2 rings (SSSR count). The molecule has 0 amide bonds. The summed E-state index contributed by atoms with van der Waals surface area (Å²) in [5.74, 6) is 0. The van der Waals surface area contributed by atoms with E-state index in [0.717, 1.165) is 31.5 Å². The monoisotopic (exact) mass is 268 g/mol. The maximum atomic E-state index is 12.2. The molecule has 1 fully saturated rings. The Morgan fingerprint density at radius 1 is 1.28 bits per heavy atom. The van der Waals surface area contributed by atoms with E-state index in [1.54, 1.807) is 18.2 Å². The summed E-state index contributed by atoms with van der Waals surface area (Å²) in [5.41, 5.74) is 0.959. The van der Waals surface area contributed by atoms with Crippen LogP contribution in [0, 0.1) is 6.92 Å². The van der Waals surface area contributed by atoms with Gasteiger partial charge in [0.1, 0.15) is 0 Å². The number of likely N-dealkylation sites (tertiary alicyclic amines) is 1. The van der Waals surface area contributed by atoms with Crippen molar-refractivity contribution in [2.75, 3.05) is 20.1 Å². The molecule has 1 heterocycles. The second-order valence-electron chi connectivity index (χ2n) is 5.02. The van der Waals surface area contributed by atoms with Gasteiger partial charge in [-0.1, -0.05) is 12.1 Å². The van der Waals surface area contributed by atoms with Gasteiger partial charge in [-0.3, -0.25) is 0 Å². The minimum absolute atomic E-state index is 0.0618. The number of sulfonamides is 1. The maximum absolute atomic E-state index is 12.2. The number of nitrogens with zero attached hydrogens (tertiary/aromatic N) is 1. The van der Waals surface area contributed by atoms with Crippen LogP contribution in [0.15, 0.2) is 29.2 Å². The summed E-state index contributed by atoms with van der Waals surface area (Å²) in [6, 6.07) is 7.08. The minimum atomic E-state index is -3.37. The van der Waals surface area contributed by atoms with Crippen molar-refractivity contribution in [3.05, 3.63) is 29.8 Å². The van der Waals surface area contributed by atoms with Gasteiger partial charge in [-0.25, -0.2) is 13.1 Å². The van der Waals surface area contributed by atoms with Crippen LogP contribution in [0.25, 0.3) is 0 Å². The molecule has 100 valence electrons. The van der Waals surface area contributed by atoms with Gasteiger partial charge >= 0.3 is 0 Å². The van der Waals surface area contributed by atoms with Crippen molar-refractivity contribution in [3.63, 3.8) is 0 Å². The van der Waals surface area contributed by atoms with Crippen molar-refractivity contribution in [2.45, 2.75) is 30.7 Å². The van der Waals surface area contributed by atoms with Crippen LogP contribution in [0.3, 0.4) is 0 Å². The largest absolute Gasteiger partial charge is 0.306 e. The Balaban J connectivity index is 2.08. The van der Waals surface area contributed by atoms with E-state index in [-0.39, 0.29) is 6.04 Å². The first-order valence-corrected chi connectivity index (χ1v) is 7.73. The van der Waals surface area contributed by atoms with Gasteiger partial charge in [0.15, 0.2) is 0 Å². The maximum Gasteiger partial charge on any atom is 0.240 e. The Morgan fingerprint density at radius 2 is 1.94 bits per heavy atom. The molecule has 0 atom stereocenters. The molecule has 0 spiro atoms. The van der Waals surface area contributed by atoms with E-state index in [1.165, 1.54) is 0 Å². The van der Waals surface area contributed by atoms with Crippen LogP contribution in [0.1, 0.15) is 18.4 Å². The molecule has 1 aliphatic heterocycles. The Morgan fingerprint density at radius 3 is 2.56 bits per heavy atom. The van der Waals surface area contributed by atoms with Crippen molar-refractivity contribution < 1.29 is 8.42 Å². The molecule has 0 saturated carbocycles. The van der Waals surface area contributed by atoms with E-state index in [1.807, 2.05) is 13.0 Å². The number of nitrogens with one attached hydrogen (secondary N) is 1. The third kappa shape index (κ3) is 3.31. The number of rotatable bonds is 3. The zero-order valence-corrected chi connectivity index (χ0v) is 11.7. The molecule has 1 aromatic rings. The van der Waals surface area contributed by atoms with Crippen LogP contribution in [0.5, 0.6) is 0 Å². The van der Waals surface area contributed by atoms with Crippen LogP contribution in [-0.4, -0.2) is 39.5 Å². The lowest BCUT2D eigenvalue weighted by atomic mass is 10.1. The number of hydrogen-bond acceptors (Lipinski definition) is 3. The van der Waals surface area contributed by atoms with Crippen LogP contribution < -0.4 is 4.72 Å². The SMILES string of the molecule is Cc1cccc(S(=O)(=O)NC2CCN(C)CC2)c1. The number of aryl methyl sites for hydroxylation is 1. The summed E-state index contributed by atoms with van der Waals surface area (Å²) in [7, 11) is -1.31. The second kappa shape index (κ2) is 5.38. The van der Waals surface area contributed by atoms with Gasteiger partial charge < -0.3 is 4.90 Å². The summed E-state index contributed by atoms with van der Waals surface area (Å²) in [6.07, 6.45) is 1.75. The van der Waals surface area contributed by atoms with Crippen molar-refractivity contribution in [1.82, 2.24) is 9.62 Å². The first kappa shape index (κ1) is 13.5. The molecular weight excluding hydrogens is 248 g/mol. The lowest BCUT2D eigenvalue weighted by Crippen LogP contribution is -2.43. The smallest absolute Gasteiger partial charge is 0.240 e. The van der Waals surface area contributed by atoms with Gasteiger partial charge in [0.05, 0.1) is 4.90 Å². The molecule has 0 bridgehead atoms. The molecule has 18 heavy (non-hydrogen) atoms. The summed E-state index contributed by atoms with van der Waals surface area (Å²) in [4.78, 5) is 2.58. The van der Waals surface area contributed by atoms with Gasteiger partial charge in [0, 0.05) is 6.04 Å². The standard InChI is InChI=1S/C13H20N2O2S/c1-11-4-3-5-13(10-11)18(16,17)14-12-6-8-15(2)9-7-12/h3-5,10,12,14H,6-9H2,1-2H3.